The predicted molar refractivity (Wildman–Crippen MR) is 145 cm³/mol. The SMILES string of the molecule is CC1(C)O[C@@H]2[C@H](O1)[C@H](CCCNP(=O)(OCc1ccccc1)OCc1ccccc1)O[C@@H]2[C@H]1COC(C)(C)O1. The molecule has 0 bridgehead atoms. The first-order chi connectivity index (χ1) is 18.6. The summed E-state index contributed by atoms with van der Waals surface area (Å²) in [5.41, 5.74) is 1.84. The highest BCUT2D eigenvalue weighted by molar-refractivity contribution is 7.51. The fraction of sp³-hybridized carbons (Fsp3) is 0.586. The lowest BCUT2D eigenvalue weighted by Crippen LogP contribution is -2.40. The Morgan fingerprint density at radius 2 is 1.41 bits per heavy atom. The van der Waals surface area contributed by atoms with Gasteiger partial charge in [0.2, 0.25) is 0 Å². The van der Waals surface area contributed by atoms with E-state index in [-0.39, 0.29) is 43.7 Å². The molecule has 5 rings (SSSR count). The average Bonchev–Trinajstić information content (AvgIpc) is 3.55. The zero-order valence-corrected chi connectivity index (χ0v) is 24.0. The zero-order chi connectivity index (χ0) is 27.5. The maximum atomic E-state index is 13.6. The Hall–Kier alpha value is -1.65. The Morgan fingerprint density at radius 1 is 0.821 bits per heavy atom. The molecule has 5 atom stereocenters. The van der Waals surface area contributed by atoms with Crippen molar-refractivity contribution in [2.24, 2.45) is 0 Å². The van der Waals surface area contributed by atoms with Crippen LogP contribution in [0.2, 0.25) is 0 Å². The molecule has 0 aliphatic carbocycles. The van der Waals surface area contributed by atoms with Gasteiger partial charge in [0.1, 0.15) is 24.4 Å². The normalized spacial score (nSPS) is 29.5. The van der Waals surface area contributed by atoms with E-state index in [1.807, 2.05) is 88.4 Å². The first-order valence-electron chi connectivity index (χ1n) is 13.7. The first kappa shape index (κ1) is 28.9. The van der Waals surface area contributed by atoms with E-state index in [2.05, 4.69) is 5.09 Å². The van der Waals surface area contributed by atoms with Gasteiger partial charge in [0.05, 0.1) is 25.9 Å². The molecule has 0 amide bonds. The summed E-state index contributed by atoms with van der Waals surface area (Å²) in [5.74, 6) is -1.35. The maximum absolute atomic E-state index is 13.6. The van der Waals surface area contributed by atoms with Crippen molar-refractivity contribution in [3.63, 3.8) is 0 Å². The summed E-state index contributed by atoms with van der Waals surface area (Å²) < 4.78 is 56.1. The Morgan fingerprint density at radius 3 is 1.97 bits per heavy atom. The summed E-state index contributed by atoms with van der Waals surface area (Å²) in [6.45, 7) is 8.85. The molecule has 0 unspecified atom stereocenters. The monoisotopic (exact) mass is 561 g/mol. The summed E-state index contributed by atoms with van der Waals surface area (Å²) in [6, 6.07) is 19.3. The number of hydrogen-bond donors (Lipinski definition) is 1. The Kier molecular flexibility index (Phi) is 8.93. The van der Waals surface area contributed by atoms with Crippen molar-refractivity contribution in [1.29, 1.82) is 0 Å². The second-order valence-corrected chi connectivity index (χ2v) is 13.0. The van der Waals surface area contributed by atoms with Crippen molar-refractivity contribution >= 4 is 7.75 Å². The molecule has 10 heteroatoms. The highest BCUT2D eigenvalue weighted by atomic mass is 31.2. The third kappa shape index (κ3) is 7.55. The van der Waals surface area contributed by atoms with Gasteiger partial charge in [-0.25, -0.2) is 9.65 Å². The molecule has 0 aromatic heterocycles. The fourth-order valence-electron chi connectivity index (χ4n) is 5.24. The molecule has 9 nitrogen and oxygen atoms in total. The van der Waals surface area contributed by atoms with Gasteiger partial charge in [0, 0.05) is 6.54 Å². The van der Waals surface area contributed by atoms with Crippen molar-refractivity contribution < 1.29 is 37.3 Å². The molecule has 2 aromatic rings. The maximum Gasteiger partial charge on any atom is 0.406 e. The molecule has 0 spiro atoms. The summed E-state index contributed by atoms with van der Waals surface area (Å²) in [4.78, 5) is 0. The summed E-state index contributed by atoms with van der Waals surface area (Å²) >= 11 is 0. The van der Waals surface area contributed by atoms with Gasteiger partial charge < -0.3 is 23.7 Å². The third-order valence-electron chi connectivity index (χ3n) is 7.04. The van der Waals surface area contributed by atoms with Gasteiger partial charge in [-0.3, -0.25) is 9.05 Å². The molecular weight excluding hydrogens is 521 g/mol. The number of nitrogens with one attached hydrogen (secondary N) is 1. The minimum absolute atomic E-state index is 0.178. The molecule has 39 heavy (non-hydrogen) atoms. The molecule has 1 N–H and O–H groups in total. The third-order valence-corrected chi connectivity index (χ3v) is 8.59. The smallest absolute Gasteiger partial charge is 0.367 e. The lowest BCUT2D eigenvalue weighted by atomic mass is 10.0. The highest BCUT2D eigenvalue weighted by Gasteiger charge is 2.58. The number of benzene rings is 2. The molecule has 3 saturated heterocycles. The highest BCUT2D eigenvalue weighted by Crippen LogP contribution is 2.46. The molecule has 0 radical (unpaired) electrons. The van der Waals surface area contributed by atoms with E-state index >= 15 is 0 Å². The van der Waals surface area contributed by atoms with E-state index in [1.54, 1.807) is 0 Å². The zero-order valence-electron chi connectivity index (χ0n) is 23.1. The predicted octanol–water partition coefficient (Wildman–Crippen LogP) is 5.34. The van der Waals surface area contributed by atoms with E-state index in [9.17, 15) is 4.57 Å². The van der Waals surface area contributed by atoms with E-state index in [0.717, 1.165) is 11.1 Å². The second-order valence-electron chi connectivity index (χ2n) is 11.1. The van der Waals surface area contributed by atoms with Crippen LogP contribution in [-0.2, 0) is 50.5 Å². The van der Waals surface area contributed by atoms with Gasteiger partial charge in [0.25, 0.3) is 0 Å². The number of fused-ring (bicyclic) bond motifs is 1. The molecule has 3 aliphatic rings. The van der Waals surface area contributed by atoms with Crippen LogP contribution in [0.3, 0.4) is 0 Å². The summed E-state index contributed by atoms with van der Waals surface area (Å²) in [5, 5.41) is 3.05. The number of hydrogen-bond acceptors (Lipinski definition) is 8. The van der Waals surface area contributed by atoms with Crippen LogP contribution in [0.4, 0.5) is 0 Å². The van der Waals surface area contributed by atoms with Gasteiger partial charge in [-0.2, -0.15) is 0 Å². The van der Waals surface area contributed by atoms with Gasteiger partial charge in [-0.1, -0.05) is 60.7 Å². The molecular formula is C29H40NO8P. The first-order valence-corrected chi connectivity index (χ1v) is 15.2. The van der Waals surface area contributed by atoms with Gasteiger partial charge in [-0.15, -0.1) is 0 Å². The largest absolute Gasteiger partial charge is 0.406 e. The number of ether oxygens (including phenoxy) is 5. The lowest BCUT2D eigenvalue weighted by molar-refractivity contribution is -0.206. The summed E-state index contributed by atoms with van der Waals surface area (Å²) in [7, 11) is -3.58. The quantitative estimate of drug-likeness (QED) is 0.272. The summed E-state index contributed by atoms with van der Waals surface area (Å²) in [6.07, 6.45) is 0.189. The van der Waals surface area contributed by atoms with Crippen molar-refractivity contribution in [2.45, 2.75) is 95.8 Å². The van der Waals surface area contributed by atoms with Crippen molar-refractivity contribution in [3.05, 3.63) is 71.8 Å². The molecule has 3 fully saturated rings. The minimum atomic E-state index is -3.58. The van der Waals surface area contributed by atoms with Crippen LogP contribution < -0.4 is 5.09 Å². The second kappa shape index (κ2) is 12.1. The van der Waals surface area contributed by atoms with E-state index in [0.29, 0.717) is 26.0 Å². The molecule has 2 aromatic carbocycles. The molecule has 3 heterocycles. The van der Waals surface area contributed by atoms with E-state index < -0.39 is 19.3 Å². The van der Waals surface area contributed by atoms with Gasteiger partial charge in [0.15, 0.2) is 11.6 Å². The van der Waals surface area contributed by atoms with Crippen LogP contribution in [0.1, 0.15) is 51.7 Å². The van der Waals surface area contributed by atoms with Crippen LogP contribution in [0, 0.1) is 0 Å². The minimum Gasteiger partial charge on any atom is -0.367 e. The number of rotatable bonds is 12. The molecule has 0 saturated carbocycles. The van der Waals surface area contributed by atoms with Crippen LogP contribution in [0.5, 0.6) is 0 Å². The fourth-order valence-corrected chi connectivity index (χ4v) is 6.57. The van der Waals surface area contributed by atoms with E-state index in [4.69, 9.17) is 32.7 Å². The van der Waals surface area contributed by atoms with E-state index in [1.165, 1.54) is 0 Å². The van der Waals surface area contributed by atoms with Crippen LogP contribution in [-0.4, -0.2) is 55.2 Å². The lowest BCUT2D eigenvalue weighted by Gasteiger charge is -2.27. The van der Waals surface area contributed by atoms with Crippen LogP contribution >= 0.6 is 7.75 Å². The Labute approximate surface area is 231 Å². The topological polar surface area (TPSA) is 93.7 Å². The average molecular weight is 562 g/mol. The Balaban J connectivity index is 1.17. The van der Waals surface area contributed by atoms with Crippen LogP contribution in [0.15, 0.2) is 60.7 Å². The van der Waals surface area contributed by atoms with Crippen LogP contribution in [0.25, 0.3) is 0 Å². The molecule has 214 valence electrons. The van der Waals surface area contributed by atoms with Crippen molar-refractivity contribution in [2.75, 3.05) is 13.2 Å². The van der Waals surface area contributed by atoms with Crippen molar-refractivity contribution in [3.8, 4) is 0 Å². The van der Waals surface area contributed by atoms with Crippen molar-refractivity contribution in [1.82, 2.24) is 5.09 Å². The van der Waals surface area contributed by atoms with Gasteiger partial charge in [-0.05, 0) is 51.7 Å². The molecule has 3 aliphatic heterocycles. The van der Waals surface area contributed by atoms with Gasteiger partial charge >= 0.3 is 7.75 Å². The Bertz CT molecular complexity index is 1070. The standard InChI is InChI=1S/C29H40NO8P/c1-28(2)32-20-24(36-28)25-27-26(37-29(3,4)38-27)23(35-25)16-11-17-30-39(31,33-18-21-12-7-5-8-13-21)34-19-22-14-9-6-10-15-22/h5-10,12-15,23-27H,11,16-20H2,1-4H3,(H,30,31)/t23-,24+,25+,26+,27-/m0/s1.